The predicted molar refractivity (Wildman–Crippen MR) is 92.4 cm³/mol. The lowest BCUT2D eigenvalue weighted by Crippen LogP contribution is -2.11. The summed E-state index contributed by atoms with van der Waals surface area (Å²) in [6.45, 7) is 4.31. The van der Waals surface area contributed by atoms with Crippen LogP contribution in [0.4, 0.5) is 5.69 Å². The second kappa shape index (κ2) is 6.02. The maximum atomic E-state index is 12.4. The van der Waals surface area contributed by atoms with Crippen LogP contribution in [0.25, 0.3) is 10.8 Å². The van der Waals surface area contributed by atoms with E-state index < -0.39 is 0 Å². The Balaban J connectivity index is 1.80. The van der Waals surface area contributed by atoms with Gasteiger partial charge in [0.15, 0.2) is 0 Å². The van der Waals surface area contributed by atoms with Gasteiger partial charge < -0.3 is 5.32 Å². The summed E-state index contributed by atoms with van der Waals surface area (Å²) in [6.07, 6.45) is 0. The maximum Gasteiger partial charge on any atom is 0.255 e. The van der Waals surface area contributed by atoms with Gasteiger partial charge in [-0.3, -0.25) is 4.79 Å². The Hall–Kier alpha value is -2.61. The molecule has 0 unspecified atom stereocenters. The fraction of sp³-hybridized carbons (Fsp3) is 0.150. The summed E-state index contributed by atoms with van der Waals surface area (Å²) in [6, 6.07) is 21.8. The zero-order valence-electron chi connectivity index (χ0n) is 12.8. The predicted octanol–water partition coefficient (Wildman–Crippen LogP) is 5.22. The van der Waals surface area contributed by atoms with E-state index in [2.05, 4.69) is 31.3 Å². The molecule has 0 spiro atoms. The second-order valence-electron chi connectivity index (χ2n) is 5.79. The van der Waals surface area contributed by atoms with E-state index in [1.165, 1.54) is 5.56 Å². The second-order valence-corrected chi connectivity index (χ2v) is 5.79. The standard InChI is InChI=1S/C20H19NO/c1-14(2)15-9-11-19(12-10-15)21-20(22)18-8-7-16-5-3-4-6-17(16)13-18/h3-14H,1-2H3,(H,21,22). The maximum absolute atomic E-state index is 12.4. The van der Waals surface area contributed by atoms with E-state index in [-0.39, 0.29) is 5.91 Å². The SMILES string of the molecule is CC(C)c1ccc(NC(=O)c2ccc3ccccc3c2)cc1. The van der Waals surface area contributed by atoms with E-state index in [4.69, 9.17) is 0 Å². The van der Waals surface area contributed by atoms with Crippen LogP contribution >= 0.6 is 0 Å². The number of amides is 1. The summed E-state index contributed by atoms with van der Waals surface area (Å²) in [7, 11) is 0. The highest BCUT2D eigenvalue weighted by Gasteiger charge is 2.07. The van der Waals surface area contributed by atoms with E-state index in [0.29, 0.717) is 11.5 Å². The molecule has 0 aliphatic carbocycles. The third kappa shape index (κ3) is 3.01. The van der Waals surface area contributed by atoms with Crippen molar-refractivity contribution in [3.8, 4) is 0 Å². The van der Waals surface area contributed by atoms with Crippen LogP contribution in [0.3, 0.4) is 0 Å². The Morgan fingerprint density at radius 2 is 1.55 bits per heavy atom. The molecule has 0 aliphatic rings. The van der Waals surface area contributed by atoms with E-state index in [1.54, 1.807) is 0 Å². The monoisotopic (exact) mass is 289 g/mol. The molecular formula is C20H19NO. The molecule has 0 heterocycles. The van der Waals surface area contributed by atoms with Crippen LogP contribution in [0.5, 0.6) is 0 Å². The first-order chi connectivity index (χ1) is 10.6. The van der Waals surface area contributed by atoms with Crippen LogP contribution in [0.15, 0.2) is 66.7 Å². The number of hydrogen-bond donors (Lipinski definition) is 1. The lowest BCUT2D eigenvalue weighted by atomic mass is 10.0. The van der Waals surface area contributed by atoms with Crippen LogP contribution < -0.4 is 5.32 Å². The van der Waals surface area contributed by atoms with Gasteiger partial charge in [0.25, 0.3) is 5.91 Å². The first-order valence-corrected chi connectivity index (χ1v) is 7.53. The van der Waals surface area contributed by atoms with Crippen molar-refractivity contribution in [1.29, 1.82) is 0 Å². The molecule has 1 amide bonds. The van der Waals surface area contributed by atoms with Gasteiger partial charge >= 0.3 is 0 Å². The van der Waals surface area contributed by atoms with Crippen LogP contribution in [0.1, 0.15) is 35.7 Å². The van der Waals surface area contributed by atoms with Gasteiger partial charge in [0, 0.05) is 11.3 Å². The Kier molecular flexibility index (Phi) is 3.92. The van der Waals surface area contributed by atoms with Crippen molar-refractivity contribution in [3.63, 3.8) is 0 Å². The highest BCUT2D eigenvalue weighted by molar-refractivity contribution is 6.06. The summed E-state index contributed by atoms with van der Waals surface area (Å²) in [5, 5.41) is 5.16. The van der Waals surface area contributed by atoms with E-state index in [9.17, 15) is 4.79 Å². The molecule has 0 aromatic heterocycles. The van der Waals surface area contributed by atoms with E-state index in [1.807, 2.05) is 54.6 Å². The minimum Gasteiger partial charge on any atom is -0.322 e. The van der Waals surface area contributed by atoms with Gasteiger partial charge in [0.2, 0.25) is 0 Å². The fourth-order valence-electron chi connectivity index (χ4n) is 2.49. The lowest BCUT2D eigenvalue weighted by molar-refractivity contribution is 0.102. The number of anilines is 1. The first-order valence-electron chi connectivity index (χ1n) is 7.53. The average molecular weight is 289 g/mol. The van der Waals surface area contributed by atoms with Gasteiger partial charge in [0.05, 0.1) is 0 Å². The molecule has 0 aliphatic heterocycles. The van der Waals surface area contributed by atoms with Crippen LogP contribution in [-0.2, 0) is 0 Å². The van der Waals surface area contributed by atoms with Gasteiger partial charge in [-0.05, 0) is 46.5 Å². The molecule has 2 nitrogen and oxygen atoms in total. The number of carbonyl (C=O) groups is 1. The molecule has 3 rings (SSSR count). The number of carbonyl (C=O) groups excluding carboxylic acids is 1. The average Bonchev–Trinajstić information content (AvgIpc) is 2.55. The molecular weight excluding hydrogens is 270 g/mol. The van der Waals surface area contributed by atoms with Crippen molar-refractivity contribution in [3.05, 3.63) is 77.9 Å². The zero-order chi connectivity index (χ0) is 15.5. The van der Waals surface area contributed by atoms with Crippen LogP contribution in [0, 0.1) is 0 Å². The highest BCUT2D eigenvalue weighted by atomic mass is 16.1. The molecule has 1 N–H and O–H groups in total. The molecule has 0 bridgehead atoms. The topological polar surface area (TPSA) is 29.1 Å². The van der Waals surface area contributed by atoms with Gasteiger partial charge in [-0.15, -0.1) is 0 Å². The largest absolute Gasteiger partial charge is 0.322 e. The van der Waals surface area contributed by atoms with Crippen molar-refractivity contribution in [2.75, 3.05) is 5.32 Å². The van der Waals surface area contributed by atoms with Crippen LogP contribution in [-0.4, -0.2) is 5.91 Å². The van der Waals surface area contributed by atoms with Gasteiger partial charge in [-0.2, -0.15) is 0 Å². The van der Waals surface area contributed by atoms with Crippen molar-refractivity contribution < 1.29 is 4.79 Å². The molecule has 22 heavy (non-hydrogen) atoms. The zero-order valence-corrected chi connectivity index (χ0v) is 12.8. The number of benzene rings is 3. The Morgan fingerprint density at radius 1 is 0.864 bits per heavy atom. The number of hydrogen-bond acceptors (Lipinski definition) is 1. The molecule has 0 radical (unpaired) electrons. The Bertz CT molecular complexity index is 803. The third-order valence-corrected chi connectivity index (χ3v) is 3.85. The third-order valence-electron chi connectivity index (χ3n) is 3.85. The lowest BCUT2D eigenvalue weighted by Gasteiger charge is -2.09. The normalized spacial score (nSPS) is 10.9. The smallest absolute Gasteiger partial charge is 0.255 e. The molecule has 3 aromatic rings. The molecule has 0 fully saturated rings. The molecule has 0 saturated heterocycles. The Morgan fingerprint density at radius 3 is 2.23 bits per heavy atom. The summed E-state index contributed by atoms with van der Waals surface area (Å²) in [4.78, 5) is 12.4. The molecule has 2 heteroatoms. The molecule has 110 valence electrons. The minimum absolute atomic E-state index is 0.0805. The van der Waals surface area contributed by atoms with Gasteiger partial charge in [-0.1, -0.05) is 56.3 Å². The quantitative estimate of drug-likeness (QED) is 0.704. The molecule has 0 saturated carbocycles. The van der Waals surface area contributed by atoms with Crippen molar-refractivity contribution in [2.24, 2.45) is 0 Å². The number of fused-ring (bicyclic) bond motifs is 1. The summed E-state index contributed by atoms with van der Waals surface area (Å²) >= 11 is 0. The summed E-state index contributed by atoms with van der Waals surface area (Å²) in [5.74, 6) is 0.410. The highest BCUT2D eigenvalue weighted by Crippen LogP contribution is 2.19. The fourth-order valence-corrected chi connectivity index (χ4v) is 2.49. The molecule has 3 aromatic carbocycles. The van der Waals surface area contributed by atoms with Crippen LogP contribution in [0.2, 0.25) is 0 Å². The van der Waals surface area contributed by atoms with E-state index in [0.717, 1.165) is 16.5 Å². The van der Waals surface area contributed by atoms with Crippen molar-refractivity contribution in [2.45, 2.75) is 19.8 Å². The minimum atomic E-state index is -0.0805. The van der Waals surface area contributed by atoms with Gasteiger partial charge in [-0.25, -0.2) is 0 Å². The van der Waals surface area contributed by atoms with E-state index >= 15 is 0 Å². The summed E-state index contributed by atoms with van der Waals surface area (Å²) in [5.41, 5.74) is 2.76. The summed E-state index contributed by atoms with van der Waals surface area (Å²) < 4.78 is 0. The number of nitrogens with one attached hydrogen (secondary N) is 1. The number of rotatable bonds is 3. The van der Waals surface area contributed by atoms with Gasteiger partial charge in [0.1, 0.15) is 0 Å². The first kappa shape index (κ1) is 14.3. The molecule has 0 atom stereocenters. The Labute approximate surface area is 130 Å². The van der Waals surface area contributed by atoms with Crippen molar-refractivity contribution in [1.82, 2.24) is 0 Å². The van der Waals surface area contributed by atoms with Crippen molar-refractivity contribution >= 4 is 22.4 Å².